The predicted molar refractivity (Wildman–Crippen MR) is 186 cm³/mol. The Bertz CT molecular complexity index is 1740. The standard InChI is InChI=1S/C26H25N2OP.C11H16N2O/c1-26(2,3)25(29)28-23-17-10-18-24(27-23)30(20-13-5-4-6-14-20)22-16-9-12-19-11-7-8-15-21(19)22;1-8-6-5-7-9(12-8)13-10(14)11(2,3)4/h4-18H,1-3H3,(H,27,28,29);5-7H,1-4H3,(H,12,13,14). The highest BCUT2D eigenvalue weighted by molar-refractivity contribution is 7.80. The van der Waals surface area contributed by atoms with Gasteiger partial charge in [-0.1, -0.05) is 126 Å². The van der Waals surface area contributed by atoms with E-state index in [0.717, 1.165) is 11.1 Å². The van der Waals surface area contributed by atoms with Gasteiger partial charge in [0.2, 0.25) is 11.8 Å². The second-order valence-corrected chi connectivity index (χ2v) is 14.7. The first-order valence-electron chi connectivity index (χ1n) is 14.7. The Hall–Kier alpha value is -4.41. The number of amides is 2. The Morgan fingerprint density at radius 1 is 0.591 bits per heavy atom. The summed E-state index contributed by atoms with van der Waals surface area (Å²) >= 11 is 0. The van der Waals surface area contributed by atoms with Crippen molar-refractivity contribution in [2.24, 2.45) is 10.8 Å². The summed E-state index contributed by atoms with van der Waals surface area (Å²) in [5.74, 6) is 1.15. The second kappa shape index (κ2) is 13.9. The zero-order chi connectivity index (χ0) is 31.9. The number of rotatable bonds is 5. The van der Waals surface area contributed by atoms with Gasteiger partial charge >= 0.3 is 0 Å². The van der Waals surface area contributed by atoms with Crippen LogP contribution in [0.4, 0.5) is 11.6 Å². The lowest BCUT2D eigenvalue weighted by Crippen LogP contribution is -2.29. The van der Waals surface area contributed by atoms with Crippen molar-refractivity contribution in [3.63, 3.8) is 0 Å². The number of pyridine rings is 2. The first kappa shape index (κ1) is 32.5. The van der Waals surface area contributed by atoms with Crippen LogP contribution in [0.15, 0.2) is 109 Å². The maximum Gasteiger partial charge on any atom is 0.230 e. The molecule has 0 spiro atoms. The Morgan fingerprint density at radius 2 is 1.11 bits per heavy atom. The highest BCUT2D eigenvalue weighted by Gasteiger charge is 2.24. The molecule has 2 amide bonds. The third-order valence-electron chi connectivity index (χ3n) is 6.72. The summed E-state index contributed by atoms with van der Waals surface area (Å²) < 4.78 is 0. The largest absolute Gasteiger partial charge is 0.310 e. The van der Waals surface area contributed by atoms with E-state index >= 15 is 0 Å². The van der Waals surface area contributed by atoms with Gasteiger partial charge < -0.3 is 10.6 Å². The van der Waals surface area contributed by atoms with Crippen LogP contribution in [-0.4, -0.2) is 21.8 Å². The lowest BCUT2D eigenvalue weighted by molar-refractivity contribution is -0.123. The van der Waals surface area contributed by atoms with Gasteiger partial charge in [0.05, 0.1) is 5.44 Å². The number of aryl methyl sites for hydroxylation is 1. The van der Waals surface area contributed by atoms with Crippen LogP contribution in [0.1, 0.15) is 47.2 Å². The number of benzene rings is 3. The number of nitrogens with zero attached hydrogens (tertiary/aromatic N) is 2. The van der Waals surface area contributed by atoms with E-state index in [1.165, 1.54) is 21.4 Å². The number of nitrogens with one attached hydrogen (secondary N) is 2. The SMILES string of the molecule is CC(C)(C)C(=O)Nc1cccc(P(c2ccccc2)c2cccc3ccccc23)n1.Cc1cccc(NC(=O)C(C)(C)C)n1. The molecule has 2 heterocycles. The van der Waals surface area contributed by atoms with Crippen LogP contribution in [0, 0.1) is 17.8 Å². The van der Waals surface area contributed by atoms with Crippen LogP contribution >= 0.6 is 7.92 Å². The van der Waals surface area contributed by atoms with Gasteiger partial charge in [0, 0.05) is 24.4 Å². The number of carbonyl (C=O) groups excluding carboxylic acids is 2. The Kier molecular flexibility index (Phi) is 10.3. The van der Waals surface area contributed by atoms with E-state index in [1.807, 2.05) is 78.8 Å². The molecule has 3 aromatic carbocycles. The summed E-state index contributed by atoms with van der Waals surface area (Å²) in [5, 5.41) is 10.7. The molecular formula is C37H41N4O2P. The molecule has 0 radical (unpaired) electrons. The maximum atomic E-state index is 12.5. The molecule has 0 fully saturated rings. The molecule has 0 saturated heterocycles. The van der Waals surface area contributed by atoms with Crippen molar-refractivity contribution in [2.75, 3.05) is 10.6 Å². The van der Waals surface area contributed by atoms with E-state index in [-0.39, 0.29) is 17.2 Å². The third kappa shape index (κ3) is 8.58. The van der Waals surface area contributed by atoms with Gasteiger partial charge in [-0.05, 0) is 52.6 Å². The first-order valence-corrected chi connectivity index (χ1v) is 16.0. The van der Waals surface area contributed by atoms with Crippen molar-refractivity contribution in [3.05, 3.63) is 115 Å². The molecule has 1 unspecified atom stereocenters. The fourth-order valence-corrected chi connectivity index (χ4v) is 6.60. The van der Waals surface area contributed by atoms with E-state index in [1.54, 1.807) is 6.07 Å². The lowest BCUT2D eigenvalue weighted by atomic mass is 9.96. The molecule has 7 heteroatoms. The van der Waals surface area contributed by atoms with Gasteiger partial charge in [-0.3, -0.25) is 9.59 Å². The molecule has 226 valence electrons. The number of hydrogen-bond donors (Lipinski definition) is 2. The molecule has 44 heavy (non-hydrogen) atoms. The van der Waals surface area contributed by atoms with Crippen molar-refractivity contribution in [1.82, 2.24) is 9.97 Å². The quantitative estimate of drug-likeness (QED) is 0.206. The van der Waals surface area contributed by atoms with E-state index in [0.29, 0.717) is 11.6 Å². The molecule has 2 N–H and O–H groups in total. The molecular weight excluding hydrogens is 563 g/mol. The third-order valence-corrected chi connectivity index (χ3v) is 9.11. The normalized spacial score (nSPS) is 12.1. The maximum absolute atomic E-state index is 12.5. The summed E-state index contributed by atoms with van der Waals surface area (Å²) in [7, 11) is -0.877. The van der Waals surface area contributed by atoms with Crippen LogP contribution in [0.25, 0.3) is 10.8 Å². The average molecular weight is 605 g/mol. The van der Waals surface area contributed by atoms with Crippen molar-refractivity contribution in [1.29, 1.82) is 0 Å². The van der Waals surface area contributed by atoms with E-state index < -0.39 is 13.3 Å². The molecule has 6 nitrogen and oxygen atoms in total. The topological polar surface area (TPSA) is 84.0 Å². The summed E-state index contributed by atoms with van der Waals surface area (Å²) in [5.41, 5.74) is 1.01. The number of carbonyl (C=O) groups is 2. The summed E-state index contributed by atoms with van der Waals surface area (Å²) in [4.78, 5) is 33.2. The van der Waals surface area contributed by atoms with E-state index in [2.05, 4.69) is 88.4 Å². The van der Waals surface area contributed by atoms with Crippen LogP contribution < -0.4 is 26.7 Å². The molecule has 0 saturated carbocycles. The molecule has 0 bridgehead atoms. The fourth-order valence-electron chi connectivity index (χ4n) is 4.21. The summed E-state index contributed by atoms with van der Waals surface area (Å²) in [6.45, 7) is 13.2. The highest BCUT2D eigenvalue weighted by Crippen LogP contribution is 2.35. The predicted octanol–water partition coefficient (Wildman–Crippen LogP) is 7.35. The summed E-state index contributed by atoms with van der Waals surface area (Å²) in [6.07, 6.45) is 0. The number of aromatic nitrogens is 2. The highest BCUT2D eigenvalue weighted by atomic mass is 31.1. The number of anilines is 2. The minimum atomic E-state index is -0.877. The van der Waals surface area contributed by atoms with Gasteiger partial charge in [0.1, 0.15) is 11.6 Å². The lowest BCUT2D eigenvalue weighted by Gasteiger charge is -2.21. The van der Waals surface area contributed by atoms with Crippen LogP contribution in [0.3, 0.4) is 0 Å². The van der Waals surface area contributed by atoms with Crippen LogP contribution in [0.2, 0.25) is 0 Å². The average Bonchev–Trinajstić information content (AvgIpc) is 2.98. The summed E-state index contributed by atoms with van der Waals surface area (Å²) in [6, 6.07) is 36.9. The van der Waals surface area contributed by atoms with Gasteiger partial charge in [0.25, 0.3) is 0 Å². The zero-order valence-corrected chi connectivity index (χ0v) is 27.4. The first-order chi connectivity index (χ1) is 20.8. The molecule has 0 aliphatic rings. The van der Waals surface area contributed by atoms with Crippen molar-refractivity contribution in [2.45, 2.75) is 48.5 Å². The molecule has 1 atom stereocenters. The van der Waals surface area contributed by atoms with Gasteiger partial charge in [-0.25, -0.2) is 9.97 Å². The minimum absolute atomic E-state index is 0.0180. The molecule has 5 aromatic rings. The number of fused-ring (bicyclic) bond motifs is 1. The molecule has 0 aliphatic carbocycles. The smallest absolute Gasteiger partial charge is 0.230 e. The van der Waals surface area contributed by atoms with Gasteiger partial charge in [-0.2, -0.15) is 0 Å². The molecule has 2 aromatic heterocycles. The van der Waals surface area contributed by atoms with Crippen molar-refractivity contribution < 1.29 is 9.59 Å². The molecule has 5 rings (SSSR count). The van der Waals surface area contributed by atoms with Gasteiger partial charge in [-0.15, -0.1) is 0 Å². The van der Waals surface area contributed by atoms with E-state index in [9.17, 15) is 9.59 Å². The van der Waals surface area contributed by atoms with Gasteiger partial charge in [0.15, 0.2) is 0 Å². The van der Waals surface area contributed by atoms with Crippen LogP contribution in [0.5, 0.6) is 0 Å². The Balaban J connectivity index is 0.000000265. The van der Waals surface area contributed by atoms with Crippen LogP contribution in [-0.2, 0) is 9.59 Å². The van der Waals surface area contributed by atoms with Crippen molar-refractivity contribution in [3.8, 4) is 0 Å². The fraction of sp³-hybridized carbons (Fsp3) is 0.243. The Labute approximate surface area is 262 Å². The van der Waals surface area contributed by atoms with Crippen molar-refractivity contribution >= 4 is 58.2 Å². The van der Waals surface area contributed by atoms with E-state index in [4.69, 9.17) is 4.98 Å². The number of hydrogen-bond acceptors (Lipinski definition) is 4. The molecule has 0 aliphatic heterocycles. The minimum Gasteiger partial charge on any atom is -0.310 e. The zero-order valence-electron chi connectivity index (χ0n) is 26.6. The Morgan fingerprint density at radius 3 is 1.73 bits per heavy atom. The second-order valence-electron chi connectivity index (χ2n) is 12.6. The monoisotopic (exact) mass is 604 g/mol.